The van der Waals surface area contributed by atoms with Crippen LogP contribution in [0.5, 0.6) is 0 Å². The summed E-state index contributed by atoms with van der Waals surface area (Å²) >= 11 is 6.07. The van der Waals surface area contributed by atoms with Gasteiger partial charge in [0, 0.05) is 30.2 Å². The van der Waals surface area contributed by atoms with Gasteiger partial charge in [-0.1, -0.05) is 37.1 Å². The van der Waals surface area contributed by atoms with E-state index in [1.165, 1.54) is 12.0 Å². The number of benzene rings is 1. The normalized spacial score (nSPS) is 27.1. The Morgan fingerprint density at radius 1 is 1.50 bits per heavy atom. The first-order valence-corrected chi connectivity index (χ1v) is 7.24. The molecule has 0 amide bonds. The highest BCUT2D eigenvalue weighted by Crippen LogP contribution is 2.28. The molecule has 0 radical (unpaired) electrons. The fourth-order valence-corrected chi connectivity index (χ4v) is 3.04. The van der Waals surface area contributed by atoms with E-state index in [0.717, 1.165) is 24.5 Å². The maximum Gasteiger partial charge on any atom is 0.0409 e. The van der Waals surface area contributed by atoms with E-state index in [9.17, 15) is 0 Å². The van der Waals surface area contributed by atoms with Crippen LogP contribution in [-0.2, 0) is 0 Å². The van der Waals surface area contributed by atoms with Gasteiger partial charge in [-0.05, 0) is 37.0 Å². The number of hydrogen-bond acceptors (Lipinski definition) is 2. The molecule has 1 aliphatic rings. The highest BCUT2D eigenvalue weighted by molar-refractivity contribution is 6.30. The Morgan fingerprint density at radius 3 is 2.94 bits per heavy atom. The Balaban J connectivity index is 2.07. The van der Waals surface area contributed by atoms with Crippen molar-refractivity contribution in [3.8, 4) is 0 Å². The molecule has 1 fully saturated rings. The first kappa shape index (κ1) is 13.9. The summed E-state index contributed by atoms with van der Waals surface area (Å²) in [6.45, 7) is 6.68. The zero-order chi connectivity index (χ0) is 13.1. The summed E-state index contributed by atoms with van der Waals surface area (Å²) in [4.78, 5) is 2.53. The Kier molecular flexibility index (Phi) is 4.66. The minimum absolute atomic E-state index is 0.373. The Hall–Kier alpha value is -0.570. The van der Waals surface area contributed by atoms with Gasteiger partial charge in [-0.25, -0.2) is 0 Å². The molecule has 0 bridgehead atoms. The van der Waals surface area contributed by atoms with Crippen LogP contribution in [0.1, 0.15) is 38.3 Å². The average Bonchev–Trinajstić information content (AvgIpc) is 2.38. The van der Waals surface area contributed by atoms with Crippen molar-refractivity contribution < 1.29 is 0 Å². The summed E-state index contributed by atoms with van der Waals surface area (Å²) in [6, 6.07) is 8.98. The van der Waals surface area contributed by atoms with E-state index in [4.69, 9.17) is 17.3 Å². The fourth-order valence-electron chi connectivity index (χ4n) is 2.84. The molecule has 3 atom stereocenters. The minimum atomic E-state index is 0.373. The lowest BCUT2D eigenvalue weighted by atomic mass is 9.89. The lowest BCUT2D eigenvalue weighted by Crippen LogP contribution is -2.47. The Labute approximate surface area is 115 Å². The van der Waals surface area contributed by atoms with E-state index in [2.05, 4.69) is 30.9 Å². The van der Waals surface area contributed by atoms with Crippen LogP contribution in [0.15, 0.2) is 24.3 Å². The summed E-state index contributed by atoms with van der Waals surface area (Å²) in [5.74, 6) is 0.625. The number of nitrogens with two attached hydrogens (primary N) is 1. The van der Waals surface area contributed by atoms with Gasteiger partial charge >= 0.3 is 0 Å². The average molecular weight is 267 g/mol. The van der Waals surface area contributed by atoms with Crippen LogP contribution >= 0.6 is 11.6 Å². The van der Waals surface area contributed by atoms with Crippen molar-refractivity contribution in [3.63, 3.8) is 0 Å². The molecule has 100 valence electrons. The molecular weight excluding hydrogens is 244 g/mol. The number of likely N-dealkylation sites (tertiary alicyclic amines) is 1. The third-order valence-corrected chi connectivity index (χ3v) is 4.46. The third kappa shape index (κ3) is 3.05. The first-order valence-electron chi connectivity index (χ1n) is 6.87. The number of hydrogen-bond donors (Lipinski definition) is 1. The second-order valence-electron chi connectivity index (χ2n) is 5.35. The van der Waals surface area contributed by atoms with Crippen molar-refractivity contribution in [2.45, 2.75) is 38.8 Å². The van der Waals surface area contributed by atoms with Gasteiger partial charge in [0.25, 0.3) is 0 Å². The van der Waals surface area contributed by atoms with Gasteiger partial charge in [0.15, 0.2) is 0 Å². The second kappa shape index (κ2) is 6.05. The summed E-state index contributed by atoms with van der Waals surface area (Å²) in [6.07, 6.45) is 2.27. The zero-order valence-electron chi connectivity index (χ0n) is 11.3. The van der Waals surface area contributed by atoms with E-state index < -0.39 is 0 Å². The van der Waals surface area contributed by atoms with E-state index in [1.54, 1.807) is 0 Å². The number of rotatable bonds is 3. The maximum atomic E-state index is 6.17. The summed E-state index contributed by atoms with van der Waals surface area (Å²) in [5, 5.41) is 0.820. The lowest BCUT2D eigenvalue weighted by Gasteiger charge is -2.40. The molecule has 1 saturated heterocycles. The summed E-state index contributed by atoms with van der Waals surface area (Å²) < 4.78 is 0. The Morgan fingerprint density at radius 2 is 2.28 bits per heavy atom. The summed E-state index contributed by atoms with van der Waals surface area (Å²) in [5.41, 5.74) is 7.47. The zero-order valence-corrected chi connectivity index (χ0v) is 12.0. The Bertz CT molecular complexity index is 394. The van der Waals surface area contributed by atoms with Crippen LogP contribution in [0.4, 0.5) is 0 Å². The highest BCUT2D eigenvalue weighted by atomic mass is 35.5. The molecular formula is C15H23ClN2. The van der Waals surface area contributed by atoms with Gasteiger partial charge < -0.3 is 5.73 Å². The molecule has 1 aromatic rings. The van der Waals surface area contributed by atoms with Crippen molar-refractivity contribution in [2.24, 2.45) is 11.7 Å². The van der Waals surface area contributed by atoms with Crippen molar-refractivity contribution in [1.82, 2.24) is 4.90 Å². The van der Waals surface area contributed by atoms with Crippen molar-refractivity contribution in [1.29, 1.82) is 0 Å². The maximum absolute atomic E-state index is 6.17. The van der Waals surface area contributed by atoms with Crippen molar-refractivity contribution >= 4 is 11.6 Å². The molecule has 0 aliphatic carbocycles. The minimum Gasteiger partial charge on any atom is -0.327 e. The lowest BCUT2D eigenvalue weighted by molar-refractivity contribution is 0.114. The van der Waals surface area contributed by atoms with Gasteiger partial charge in [-0.15, -0.1) is 0 Å². The molecule has 1 aromatic carbocycles. The molecule has 3 heteroatoms. The number of piperidine rings is 1. The molecule has 2 N–H and O–H groups in total. The molecule has 0 aromatic heterocycles. The van der Waals surface area contributed by atoms with Crippen molar-refractivity contribution in [3.05, 3.63) is 34.9 Å². The molecule has 0 saturated carbocycles. The number of halogens is 1. The molecule has 1 heterocycles. The largest absolute Gasteiger partial charge is 0.327 e. The van der Waals surface area contributed by atoms with Crippen LogP contribution in [-0.4, -0.2) is 24.0 Å². The van der Waals surface area contributed by atoms with Gasteiger partial charge in [0.2, 0.25) is 0 Å². The van der Waals surface area contributed by atoms with Crippen LogP contribution in [0.3, 0.4) is 0 Å². The molecule has 2 rings (SSSR count). The van der Waals surface area contributed by atoms with Crippen LogP contribution in [0, 0.1) is 5.92 Å². The van der Waals surface area contributed by atoms with E-state index in [1.807, 2.05) is 12.1 Å². The predicted octanol–water partition coefficient (Wildman–Crippen LogP) is 3.46. The van der Waals surface area contributed by atoms with E-state index in [0.29, 0.717) is 18.0 Å². The molecule has 2 nitrogen and oxygen atoms in total. The monoisotopic (exact) mass is 266 g/mol. The third-order valence-electron chi connectivity index (χ3n) is 4.23. The smallest absolute Gasteiger partial charge is 0.0409 e. The van der Waals surface area contributed by atoms with Crippen LogP contribution in [0.25, 0.3) is 0 Å². The first-order chi connectivity index (χ1) is 8.61. The van der Waals surface area contributed by atoms with Gasteiger partial charge in [-0.3, -0.25) is 4.90 Å². The van der Waals surface area contributed by atoms with Crippen molar-refractivity contribution in [2.75, 3.05) is 13.1 Å². The second-order valence-corrected chi connectivity index (χ2v) is 5.78. The summed E-state index contributed by atoms with van der Waals surface area (Å²) in [7, 11) is 0. The highest BCUT2D eigenvalue weighted by Gasteiger charge is 2.28. The SMILES string of the molecule is CCC1CN(C(C)c2cccc(Cl)c2)CCC1N. The van der Waals surface area contributed by atoms with Gasteiger partial charge in [-0.2, -0.15) is 0 Å². The molecule has 1 aliphatic heterocycles. The standard InChI is InChI=1S/C15H23ClN2/c1-3-12-10-18(8-7-15(12)17)11(2)13-5-4-6-14(16)9-13/h4-6,9,11-12,15H,3,7-8,10,17H2,1-2H3. The quantitative estimate of drug-likeness (QED) is 0.908. The molecule has 3 unspecified atom stereocenters. The fraction of sp³-hybridized carbons (Fsp3) is 0.600. The van der Waals surface area contributed by atoms with Crippen LogP contribution < -0.4 is 5.73 Å². The molecule has 18 heavy (non-hydrogen) atoms. The predicted molar refractivity (Wildman–Crippen MR) is 77.8 cm³/mol. The molecule has 0 spiro atoms. The van der Waals surface area contributed by atoms with Crippen LogP contribution in [0.2, 0.25) is 5.02 Å². The number of nitrogens with zero attached hydrogens (tertiary/aromatic N) is 1. The van der Waals surface area contributed by atoms with Gasteiger partial charge in [0.1, 0.15) is 0 Å². The van der Waals surface area contributed by atoms with Gasteiger partial charge in [0.05, 0.1) is 0 Å². The topological polar surface area (TPSA) is 29.3 Å². The van der Waals surface area contributed by atoms with E-state index in [-0.39, 0.29) is 0 Å². The van der Waals surface area contributed by atoms with E-state index >= 15 is 0 Å².